The van der Waals surface area contributed by atoms with Gasteiger partial charge in [0.15, 0.2) is 5.16 Å². The van der Waals surface area contributed by atoms with Gasteiger partial charge in [0.2, 0.25) is 5.91 Å². The van der Waals surface area contributed by atoms with Crippen molar-refractivity contribution in [3.05, 3.63) is 23.2 Å². The number of hydrogen-bond donors (Lipinski definition) is 2. The van der Waals surface area contributed by atoms with Crippen LogP contribution in [0.3, 0.4) is 0 Å². The Labute approximate surface area is 138 Å². The molecule has 2 aromatic rings. The number of rotatable bonds is 5. The number of imidazole rings is 1. The van der Waals surface area contributed by atoms with Crippen molar-refractivity contribution in [3.8, 4) is 0 Å². The number of hydrogen-bond acceptors (Lipinski definition) is 4. The number of aromatic nitrogens is 2. The van der Waals surface area contributed by atoms with Gasteiger partial charge < -0.3 is 15.0 Å². The van der Waals surface area contributed by atoms with E-state index in [-0.39, 0.29) is 17.3 Å². The van der Waals surface area contributed by atoms with E-state index in [0.717, 1.165) is 35.6 Å². The third-order valence-corrected chi connectivity index (χ3v) is 4.83. The number of benzene rings is 1. The predicted octanol–water partition coefficient (Wildman–Crippen LogP) is 2.99. The van der Waals surface area contributed by atoms with E-state index in [1.165, 1.54) is 11.8 Å². The third-order valence-electron chi connectivity index (χ3n) is 3.61. The van der Waals surface area contributed by atoms with Gasteiger partial charge in [0.1, 0.15) is 0 Å². The van der Waals surface area contributed by atoms with Gasteiger partial charge in [-0.3, -0.25) is 4.79 Å². The van der Waals surface area contributed by atoms with Crippen molar-refractivity contribution in [1.82, 2.24) is 15.3 Å². The van der Waals surface area contributed by atoms with E-state index in [9.17, 15) is 4.79 Å². The van der Waals surface area contributed by atoms with Crippen LogP contribution in [0.4, 0.5) is 0 Å². The Morgan fingerprint density at radius 2 is 2.50 bits per heavy atom. The summed E-state index contributed by atoms with van der Waals surface area (Å²) in [7, 11) is 0. The molecular formula is C15H18ClN3O2S. The SMILES string of the molecule is C[C@H](Sc1nc2ccc(Cl)cc2[nH]1)C(=O)NC[C@@H]1CCCO1. The van der Waals surface area contributed by atoms with Crippen molar-refractivity contribution in [2.45, 2.75) is 36.3 Å². The second-order valence-corrected chi connectivity index (χ2v) is 7.11. The Balaban J connectivity index is 1.57. The molecule has 7 heteroatoms. The van der Waals surface area contributed by atoms with Crippen LogP contribution in [-0.2, 0) is 9.53 Å². The number of nitrogens with zero attached hydrogens (tertiary/aromatic N) is 1. The summed E-state index contributed by atoms with van der Waals surface area (Å²) in [5.41, 5.74) is 1.72. The van der Waals surface area contributed by atoms with Crippen molar-refractivity contribution in [2.24, 2.45) is 0 Å². The van der Waals surface area contributed by atoms with Gasteiger partial charge in [-0.2, -0.15) is 0 Å². The topological polar surface area (TPSA) is 67.0 Å². The molecule has 5 nitrogen and oxygen atoms in total. The molecule has 1 aromatic carbocycles. The minimum absolute atomic E-state index is 0.000937. The Morgan fingerprint density at radius 3 is 3.27 bits per heavy atom. The lowest BCUT2D eigenvalue weighted by Gasteiger charge is -2.13. The summed E-state index contributed by atoms with van der Waals surface area (Å²) in [5.74, 6) is -0.000937. The highest BCUT2D eigenvalue weighted by molar-refractivity contribution is 8.00. The standard InChI is InChI=1S/C15H18ClN3O2S/c1-9(14(20)17-8-11-3-2-6-21-11)22-15-18-12-5-4-10(16)7-13(12)19-15/h4-5,7,9,11H,2-3,6,8H2,1H3,(H,17,20)(H,18,19)/t9-,11-/m0/s1. The van der Waals surface area contributed by atoms with E-state index < -0.39 is 0 Å². The van der Waals surface area contributed by atoms with Gasteiger partial charge in [-0.1, -0.05) is 23.4 Å². The molecule has 1 aliphatic rings. The fourth-order valence-electron chi connectivity index (χ4n) is 2.40. The molecule has 1 saturated heterocycles. The number of ether oxygens (including phenoxy) is 1. The van der Waals surface area contributed by atoms with Crippen LogP contribution in [0.25, 0.3) is 11.0 Å². The number of thioether (sulfide) groups is 1. The first-order valence-corrected chi connectivity index (χ1v) is 8.59. The van der Waals surface area contributed by atoms with Crippen LogP contribution in [-0.4, -0.2) is 40.4 Å². The number of nitrogens with one attached hydrogen (secondary N) is 2. The van der Waals surface area contributed by atoms with Crippen LogP contribution in [0, 0.1) is 0 Å². The highest BCUT2D eigenvalue weighted by atomic mass is 35.5. The maximum Gasteiger partial charge on any atom is 0.233 e. The maximum absolute atomic E-state index is 12.1. The zero-order valence-electron chi connectivity index (χ0n) is 12.3. The number of fused-ring (bicyclic) bond motifs is 1. The molecule has 1 amide bonds. The molecule has 0 radical (unpaired) electrons. The lowest BCUT2D eigenvalue weighted by molar-refractivity contribution is -0.120. The summed E-state index contributed by atoms with van der Waals surface area (Å²) in [4.78, 5) is 19.8. The molecular weight excluding hydrogens is 322 g/mol. The Kier molecular flexibility index (Phi) is 4.90. The highest BCUT2D eigenvalue weighted by Crippen LogP contribution is 2.25. The molecule has 1 aliphatic heterocycles. The van der Waals surface area contributed by atoms with Crippen LogP contribution >= 0.6 is 23.4 Å². The van der Waals surface area contributed by atoms with Crippen molar-refractivity contribution < 1.29 is 9.53 Å². The van der Waals surface area contributed by atoms with Gasteiger partial charge in [0.25, 0.3) is 0 Å². The Morgan fingerprint density at radius 1 is 1.64 bits per heavy atom. The van der Waals surface area contributed by atoms with Crippen molar-refractivity contribution in [2.75, 3.05) is 13.2 Å². The first kappa shape index (κ1) is 15.6. The molecule has 22 heavy (non-hydrogen) atoms. The number of aromatic amines is 1. The fourth-order valence-corrected chi connectivity index (χ4v) is 3.42. The van der Waals surface area contributed by atoms with Gasteiger partial charge in [0.05, 0.1) is 22.4 Å². The van der Waals surface area contributed by atoms with Gasteiger partial charge >= 0.3 is 0 Å². The smallest absolute Gasteiger partial charge is 0.233 e. The lowest BCUT2D eigenvalue weighted by Crippen LogP contribution is -2.36. The Bertz CT molecular complexity index is 670. The first-order valence-electron chi connectivity index (χ1n) is 7.33. The molecule has 0 saturated carbocycles. The summed E-state index contributed by atoms with van der Waals surface area (Å²) in [6, 6.07) is 5.49. The van der Waals surface area contributed by atoms with E-state index >= 15 is 0 Å². The van der Waals surface area contributed by atoms with E-state index in [1.54, 1.807) is 6.07 Å². The van der Waals surface area contributed by atoms with Crippen molar-refractivity contribution in [3.63, 3.8) is 0 Å². The second kappa shape index (κ2) is 6.89. The number of carbonyl (C=O) groups excluding carboxylic acids is 1. The molecule has 0 bridgehead atoms. The molecule has 0 aliphatic carbocycles. The van der Waals surface area contributed by atoms with Gasteiger partial charge in [-0.25, -0.2) is 4.98 Å². The molecule has 0 spiro atoms. The first-order chi connectivity index (χ1) is 10.6. The predicted molar refractivity (Wildman–Crippen MR) is 88.4 cm³/mol. The molecule has 0 unspecified atom stereocenters. The molecule has 2 heterocycles. The van der Waals surface area contributed by atoms with E-state index in [4.69, 9.17) is 16.3 Å². The molecule has 1 fully saturated rings. The summed E-state index contributed by atoms with van der Waals surface area (Å²) in [5, 5.41) is 4.10. The molecule has 2 N–H and O–H groups in total. The zero-order valence-corrected chi connectivity index (χ0v) is 13.8. The minimum Gasteiger partial charge on any atom is -0.376 e. The number of halogens is 1. The van der Waals surface area contributed by atoms with Crippen LogP contribution < -0.4 is 5.32 Å². The average Bonchev–Trinajstić information content (AvgIpc) is 3.12. The summed E-state index contributed by atoms with van der Waals surface area (Å²) < 4.78 is 5.50. The van der Waals surface area contributed by atoms with Crippen LogP contribution in [0.2, 0.25) is 5.02 Å². The molecule has 1 aromatic heterocycles. The molecule has 2 atom stereocenters. The van der Waals surface area contributed by atoms with Gasteiger partial charge in [-0.15, -0.1) is 0 Å². The van der Waals surface area contributed by atoms with E-state index in [2.05, 4.69) is 15.3 Å². The quantitative estimate of drug-likeness (QED) is 0.822. The largest absolute Gasteiger partial charge is 0.376 e. The van der Waals surface area contributed by atoms with Crippen molar-refractivity contribution >= 4 is 40.3 Å². The zero-order chi connectivity index (χ0) is 15.5. The fraction of sp³-hybridized carbons (Fsp3) is 0.467. The van der Waals surface area contributed by atoms with Crippen molar-refractivity contribution in [1.29, 1.82) is 0 Å². The normalized spacial score (nSPS) is 19.5. The van der Waals surface area contributed by atoms with Crippen LogP contribution in [0.15, 0.2) is 23.4 Å². The maximum atomic E-state index is 12.1. The second-order valence-electron chi connectivity index (χ2n) is 5.34. The van der Waals surface area contributed by atoms with Gasteiger partial charge in [-0.05, 0) is 38.0 Å². The van der Waals surface area contributed by atoms with E-state index in [0.29, 0.717) is 11.6 Å². The average molecular weight is 340 g/mol. The minimum atomic E-state index is -0.225. The number of H-pyrrole nitrogens is 1. The lowest BCUT2D eigenvalue weighted by atomic mass is 10.2. The highest BCUT2D eigenvalue weighted by Gasteiger charge is 2.20. The monoisotopic (exact) mass is 339 g/mol. The summed E-state index contributed by atoms with van der Waals surface area (Å²) in [6.45, 7) is 3.25. The van der Waals surface area contributed by atoms with Crippen LogP contribution in [0.1, 0.15) is 19.8 Å². The Hall–Kier alpha value is -1.24. The number of amides is 1. The van der Waals surface area contributed by atoms with E-state index in [1.807, 2.05) is 19.1 Å². The molecule has 3 rings (SSSR count). The summed E-state index contributed by atoms with van der Waals surface area (Å²) in [6.07, 6.45) is 2.26. The van der Waals surface area contributed by atoms with Crippen LogP contribution in [0.5, 0.6) is 0 Å². The summed E-state index contributed by atoms with van der Waals surface area (Å²) >= 11 is 7.36. The third kappa shape index (κ3) is 3.74. The number of carbonyl (C=O) groups is 1. The molecule has 118 valence electrons. The van der Waals surface area contributed by atoms with Gasteiger partial charge in [0, 0.05) is 18.2 Å².